The molecular formula is C9H7ClO3. The number of hydrogen-bond acceptors (Lipinski definition) is 2. The Kier molecular flexibility index (Phi) is 2.93. The number of benzene rings is 1. The lowest BCUT2D eigenvalue weighted by atomic mass is 10.2. The largest absolute Gasteiger partial charge is 0.507 e. The number of aromatic hydroxyl groups is 1. The van der Waals surface area contributed by atoms with Gasteiger partial charge in [0.1, 0.15) is 5.75 Å². The molecule has 0 fully saturated rings. The predicted octanol–water partition coefficient (Wildman–Crippen LogP) is 2.14. The molecule has 0 unspecified atom stereocenters. The third kappa shape index (κ3) is 2.49. The molecule has 0 aromatic heterocycles. The summed E-state index contributed by atoms with van der Waals surface area (Å²) in [7, 11) is 0. The van der Waals surface area contributed by atoms with Crippen LogP contribution in [0.1, 0.15) is 5.56 Å². The first kappa shape index (κ1) is 9.61. The average Bonchev–Trinajstić information content (AvgIpc) is 2.03. The van der Waals surface area contributed by atoms with Crippen LogP contribution in [0.25, 0.3) is 6.08 Å². The van der Waals surface area contributed by atoms with Gasteiger partial charge >= 0.3 is 5.97 Å². The average molecular weight is 199 g/mol. The molecule has 1 aromatic rings. The van der Waals surface area contributed by atoms with E-state index in [0.29, 0.717) is 10.6 Å². The topological polar surface area (TPSA) is 57.5 Å². The molecule has 0 heterocycles. The van der Waals surface area contributed by atoms with Crippen LogP contribution in [0.2, 0.25) is 5.02 Å². The zero-order valence-electron chi connectivity index (χ0n) is 6.57. The second kappa shape index (κ2) is 3.96. The molecule has 1 rings (SSSR count). The van der Waals surface area contributed by atoms with Crippen molar-refractivity contribution in [2.45, 2.75) is 0 Å². The van der Waals surface area contributed by atoms with E-state index in [2.05, 4.69) is 0 Å². The molecule has 2 N–H and O–H groups in total. The molecule has 0 saturated heterocycles. The first-order chi connectivity index (χ1) is 6.11. The highest BCUT2D eigenvalue weighted by molar-refractivity contribution is 6.32. The van der Waals surface area contributed by atoms with Gasteiger partial charge in [0, 0.05) is 11.6 Å². The van der Waals surface area contributed by atoms with E-state index in [1.54, 1.807) is 12.1 Å². The molecule has 0 saturated carbocycles. The minimum atomic E-state index is -1.08. The van der Waals surface area contributed by atoms with Crippen LogP contribution in [0.15, 0.2) is 24.3 Å². The third-order valence-corrected chi connectivity index (χ3v) is 1.75. The Hall–Kier alpha value is -1.48. The van der Waals surface area contributed by atoms with Crippen LogP contribution in [-0.4, -0.2) is 16.2 Å². The van der Waals surface area contributed by atoms with Gasteiger partial charge < -0.3 is 10.2 Å². The number of carboxylic acids is 1. The maximum atomic E-state index is 10.2. The molecule has 0 atom stereocenters. The van der Waals surface area contributed by atoms with Gasteiger partial charge in [-0.3, -0.25) is 0 Å². The summed E-state index contributed by atoms with van der Waals surface area (Å²) in [5.74, 6) is -1.12. The maximum Gasteiger partial charge on any atom is 0.328 e. The van der Waals surface area contributed by atoms with Gasteiger partial charge in [-0.05, 0) is 18.2 Å². The molecule has 1 aromatic carbocycles. The van der Waals surface area contributed by atoms with E-state index in [0.717, 1.165) is 6.08 Å². The van der Waals surface area contributed by atoms with Gasteiger partial charge in [-0.15, -0.1) is 0 Å². The minimum absolute atomic E-state index is 0.0370. The van der Waals surface area contributed by atoms with E-state index in [1.165, 1.54) is 12.1 Å². The van der Waals surface area contributed by atoms with Crippen molar-refractivity contribution in [1.29, 1.82) is 0 Å². The molecule has 0 aliphatic rings. The van der Waals surface area contributed by atoms with Gasteiger partial charge in [0.15, 0.2) is 0 Å². The highest BCUT2D eigenvalue weighted by atomic mass is 35.5. The summed E-state index contributed by atoms with van der Waals surface area (Å²) >= 11 is 5.71. The van der Waals surface area contributed by atoms with Crippen molar-refractivity contribution in [1.82, 2.24) is 0 Å². The van der Waals surface area contributed by atoms with Gasteiger partial charge in [-0.25, -0.2) is 4.79 Å². The summed E-state index contributed by atoms with van der Waals surface area (Å²) in [6.45, 7) is 0. The van der Waals surface area contributed by atoms with E-state index in [-0.39, 0.29) is 5.75 Å². The normalized spacial score (nSPS) is 10.5. The number of carbonyl (C=O) groups is 1. The molecule has 0 radical (unpaired) electrons. The standard InChI is InChI=1S/C9H7ClO3/c10-7-2-1-3-8(11)6(7)4-5-9(12)13/h1-5,11H,(H,12,13). The molecule has 0 bridgehead atoms. The first-order valence-electron chi connectivity index (χ1n) is 3.50. The Morgan fingerprint density at radius 2 is 2.15 bits per heavy atom. The van der Waals surface area contributed by atoms with Crippen molar-refractivity contribution < 1.29 is 15.0 Å². The fourth-order valence-corrected chi connectivity index (χ4v) is 1.08. The maximum absolute atomic E-state index is 10.2. The summed E-state index contributed by atoms with van der Waals surface area (Å²) in [6.07, 6.45) is 2.17. The molecular weight excluding hydrogens is 192 g/mol. The van der Waals surface area contributed by atoms with Crippen LogP contribution in [0, 0.1) is 0 Å². The lowest BCUT2D eigenvalue weighted by Crippen LogP contribution is -1.86. The van der Waals surface area contributed by atoms with Crippen molar-refractivity contribution in [2.24, 2.45) is 0 Å². The van der Waals surface area contributed by atoms with E-state index in [9.17, 15) is 9.90 Å². The molecule has 13 heavy (non-hydrogen) atoms. The molecule has 0 spiro atoms. The summed E-state index contributed by atoms with van der Waals surface area (Å²) in [4.78, 5) is 10.2. The summed E-state index contributed by atoms with van der Waals surface area (Å²) in [6, 6.07) is 4.59. The first-order valence-corrected chi connectivity index (χ1v) is 3.87. The zero-order valence-corrected chi connectivity index (χ0v) is 7.32. The van der Waals surface area contributed by atoms with Gasteiger partial charge in [-0.2, -0.15) is 0 Å². The van der Waals surface area contributed by atoms with Crippen LogP contribution in [0.4, 0.5) is 0 Å². The molecule has 0 amide bonds. The predicted molar refractivity (Wildman–Crippen MR) is 49.8 cm³/mol. The van der Waals surface area contributed by atoms with Crippen molar-refractivity contribution in [3.05, 3.63) is 34.9 Å². The monoisotopic (exact) mass is 198 g/mol. The van der Waals surface area contributed by atoms with Gasteiger partial charge in [0.25, 0.3) is 0 Å². The molecule has 0 aliphatic carbocycles. The Bertz CT molecular complexity index is 338. The number of hydrogen-bond donors (Lipinski definition) is 2. The number of aliphatic carboxylic acids is 1. The fourth-order valence-electron chi connectivity index (χ4n) is 0.845. The van der Waals surface area contributed by atoms with Crippen LogP contribution in [0.5, 0.6) is 5.75 Å². The molecule has 68 valence electrons. The number of phenols is 1. The van der Waals surface area contributed by atoms with Gasteiger partial charge in [0.2, 0.25) is 0 Å². The number of rotatable bonds is 2. The van der Waals surface area contributed by atoms with E-state index in [1.807, 2.05) is 0 Å². The SMILES string of the molecule is O=C(O)C=Cc1c(O)cccc1Cl. The number of phenolic OH excluding ortho intramolecular Hbond substituents is 1. The van der Waals surface area contributed by atoms with Gasteiger partial charge in [-0.1, -0.05) is 17.7 Å². The number of carboxylic acid groups (broad SMARTS) is 1. The molecule has 4 heteroatoms. The van der Waals surface area contributed by atoms with Crippen LogP contribution >= 0.6 is 11.6 Å². The van der Waals surface area contributed by atoms with Gasteiger partial charge in [0.05, 0.1) is 5.02 Å². The fraction of sp³-hybridized carbons (Fsp3) is 0. The third-order valence-electron chi connectivity index (χ3n) is 1.42. The van der Waals surface area contributed by atoms with Crippen molar-refractivity contribution in [2.75, 3.05) is 0 Å². The Morgan fingerprint density at radius 1 is 1.46 bits per heavy atom. The second-order valence-corrected chi connectivity index (χ2v) is 2.75. The van der Waals surface area contributed by atoms with Crippen molar-refractivity contribution >= 4 is 23.6 Å². The van der Waals surface area contributed by atoms with Crippen molar-refractivity contribution in [3.63, 3.8) is 0 Å². The van der Waals surface area contributed by atoms with E-state index >= 15 is 0 Å². The summed E-state index contributed by atoms with van der Waals surface area (Å²) in [5.41, 5.74) is 0.312. The smallest absolute Gasteiger partial charge is 0.328 e. The molecule has 3 nitrogen and oxygen atoms in total. The van der Waals surface area contributed by atoms with E-state index < -0.39 is 5.97 Å². The Morgan fingerprint density at radius 3 is 2.69 bits per heavy atom. The lowest BCUT2D eigenvalue weighted by molar-refractivity contribution is -0.131. The zero-order chi connectivity index (χ0) is 9.84. The summed E-state index contributed by atoms with van der Waals surface area (Å²) in [5, 5.41) is 17.9. The minimum Gasteiger partial charge on any atom is -0.507 e. The highest BCUT2D eigenvalue weighted by Gasteiger charge is 2.01. The second-order valence-electron chi connectivity index (χ2n) is 2.34. The quantitative estimate of drug-likeness (QED) is 0.716. The van der Waals surface area contributed by atoms with E-state index in [4.69, 9.17) is 16.7 Å². The van der Waals surface area contributed by atoms with Crippen LogP contribution < -0.4 is 0 Å². The number of halogens is 1. The van der Waals surface area contributed by atoms with Crippen LogP contribution in [0.3, 0.4) is 0 Å². The highest BCUT2D eigenvalue weighted by Crippen LogP contribution is 2.26. The van der Waals surface area contributed by atoms with Crippen LogP contribution in [-0.2, 0) is 4.79 Å². The Labute approximate surface area is 79.9 Å². The Balaban J connectivity index is 3.06. The summed E-state index contributed by atoms with van der Waals surface area (Å²) < 4.78 is 0. The molecule has 0 aliphatic heterocycles. The van der Waals surface area contributed by atoms with Crippen molar-refractivity contribution in [3.8, 4) is 5.75 Å². The lowest BCUT2D eigenvalue weighted by Gasteiger charge is -1.99.